The SMILES string of the molecule is CC(O)CC1(C(=O)O)CCC(C)C1. The minimum absolute atomic E-state index is 0.396. The number of carboxylic acids is 1. The molecule has 1 saturated carbocycles. The smallest absolute Gasteiger partial charge is 0.309 e. The second-order valence-corrected chi connectivity index (χ2v) is 4.49. The molecule has 0 aromatic carbocycles. The van der Waals surface area contributed by atoms with E-state index in [1.807, 2.05) is 0 Å². The van der Waals surface area contributed by atoms with Crippen molar-refractivity contribution in [2.24, 2.45) is 11.3 Å². The summed E-state index contributed by atoms with van der Waals surface area (Å²) in [6.45, 7) is 3.74. The number of carbonyl (C=O) groups is 1. The molecule has 13 heavy (non-hydrogen) atoms. The van der Waals surface area contributed by atoms with Gasteiger partial charge in [0.05, 0.1) is 11.5 Å². The summed E-state index contributed by atoms with van der Waals surface area (Å²) in [6, 6.07) is 0. The Morgan fingerprint density at radius 1 is 1.69 bits per heavy atom. The van der Waals surface area contributed by atoms with Crippen LogP contribution in [0.3, 0.4) is 0 Å². The molecule has 0 radical (unpaired) electrons. The van der Waals surface area contributed by atoms with Crippen LogP contribution in [-0.4, -0.2) is 22.3 Å². The van der Waals surface area contributed by atoms with E-state index in [-0.39, 0.29) is 0 Å². The van der Waals surface area contributed by atoms with Crippen LogP contribution >= 0.6 is 0 Å². The van der Waals surface area contributed by atoms with Crippen molar-refractivity contribution in [3.05, 3.63) is 0 Å². The fraction of sp³-hybridized carbons (Fsp3) is 0.900. The molecule has 2 N–H and O–H groups in total. The number of aliphatic hydroxyl groups excluding tert-OH is 1. The first kappa shape index (κ1) is 10.5. The van der Waals surface area contributed by atoms with E-state index in [9.17, 15) is 9.90 Å². The van der Waals surface area contributed by atoms with E-state index in [2.05, 4.69) is 6.92 Å². The molecule has 0 aromatic heterocycles. The van der Waals surface area contributed by atoms with Crippen molar-refractivity contribution < 1.29 is 15.0 Å². The van der Waals surface area contributed by atoms with Gasteiger partial charge in [-0.3, -0.25) is 4.79 Å². The Morgan fingerprint density at radius 2 is 2.31 bits per heavy atom. The van der Waals surface area contributed by atoms with Gasteiger partial charge in [0.25, 0.3) is 0 Å². The summed E-state index contributed by atoms with van der Waals surface area (Å²) in [5.74, 6) is -0.257. The van der Waals surface area contributed by atoms with Crippen LogP contribution < -0.4 is 0 Å². The maximum Gasteiger partial charge on any atom is 0.309 e. The molecule has 0 spiro atoms. The molecular weight excluding hydrogens is 168 g/mol. The van der Waals surface area contributed by atoms with Gasteiger partial charge < -0.3 is 10.2 Å². The summed E-state index contributed by atoms with van der Waals surface area (Å²) < 4.78 is 0. The predicted octanol–water partition coefficient (Wildman–Crippen LogP) is 1.65. The third kappa shape index (κ3) is 2.21. The molecule has 1 aliphatic rings. The van der Waals surface area contributed by atoms with Crippen LogP contribution in [-0.2, 0) is 4.79 Å². The Bertz CT molecular complexity index is 200. The van der Waals surface area contributed by atoms with Gasteiger partial charge in [-0.1, -0.05) is 6.92 Å². The Kier molecular flexibility index (Phi) is 2.96. The molecule has 0 saturated heterocycles. The minimum atomic E-state index is -0.738. The monoisotopic (exact) mass is 186 g/mol. The van der Waals surface area contributed by atoms with Gasteiger partial charge in [0.15, 0.2) is 0 Å². The van der Waals surface area contributed by atoms with Gasteiger partial charge in [-0.15, -0.1) is 0 Å². The summed E-state index contributed by atoms with van der Waals surface area (Å²) in [4.78, 5) is 11.1. The van der Waals surface area contributed by atoms with Gasteiger partial charge in [0.1, 0.15) is 0 Å². The van der Waals surface area contributed by atoms with E-state index in [4.69, 9.17) is 5.11 Å². The molecule has 3 nitrogen and oxygen atoms in total. The van der Waals surface area contributed by atoms with E-state index in [1.54, 1.807) is 6.92 Å². The molecule has 1 fully saturated rings. The Labute approximate surface area is 78.8 Å². The fourth-order valence-corrected chi connectivity index (χ4v) is 2.43. The van der Waals surface area contributed by atoms with Gasteiger partial charge >= 0.3 is 5.97 Å². The molecule has 76 valence electrons. The van der Waals surface area contributed by atoms with Crippen LogP contribution in [0.2, 0.25) is 0 Å². The van der Waals surface area contributed by atoms with Crippen LogP contribution in [0.1, 0.15) is 39.5 Å². The Morgan fingerprint density at radius 3 is 2.62 bits per heavy atom. The maximum absolute atomic E-state index is 11.1. The lowest BCUT2D eigenvalue weighted by molar-refractivity contribution is -0.150. The highest BCUT2D eigenvalue weighted by atomic mass is 16.4. The lowest BCUT2D eigenvalue weighted by Gasteiger charge is -2.25. The van der Waals surface area contributed by atoms with Crippen molar-refractivity contribution in [2.75, 3.05) is 0 Å². The normalized spacial score (nSPS) is 36.1. The van der Waals surface area contributed by atoms with Crippen LogP contribution in [0.15, 0.2) is 0 Å². The zero-order valence-electron chi connectivity index (χ0n) is 8.29. The number of carboxylic acid groups (broad SMARTS) is 1. The van der Waals surface area contributed by atoms with Gasteiger partial charge in [-0.2, -0.15) is 0 Å². The molecule has 3 heteroatoms. The lowest BCUT2D eigenvalue weighted by atomic mass is 9.80. The topological polar surface area (TPSA) is 57.5 Å². The number of hydrogen-bond acceptors (Lipinski definition) is 2. The largest absolute Gasteiger partial charge is 0.481 e. The first-order valence-electron chi connectivity index (χ1n) is 4.88. The van der Waals surface area contributed by atoms with Gasteiger partial charge in [0.2, 0.25) is 0 Å². The van der Waals surface area contributed by atoms with Crippen LogP contribution in [0.4, 0.5) is 0 Å². The summed E-state index contributed by atoms with van der Waals surface area (Å²) in [5.41, 5.74) is -0.645. The minimum Gasteiger partial charge on any atom is -0.481 e. The second-order valence-electron chi connectivity index (χ2n) is 4.49. The summed E-state index contributed by atoms with van der Waals surface area (Å²) in [6.07, 6.45) is 2.29. The van der Waals surface area contributed by atoms with Crippen molar-refractivity contribution in [1.82, 2.24) is 0 Å². The zero-order chi connectivity index (χ0) is 10.1. The van der Waals surface area contributed by atoms with Gasteiger partial charge in [0, 0.05) is 0 Å². The molecule has 1 rings (SSSR count). The van der Waals surface area contributed by atoms with E-state index in [1.165, 1.54) is 0 Å². The van der Waals surface area contributed by atoms with Crippen molar-refractivity contribution in [3.8, 4) is 0 Å². The quantitative estimate of drug-likeness (QED) is 0.704. The number of aliphatic carboxylic acids is 1. The van der Waals surface area contributed by atoms with E-state index in [0.29, 0.717) is 25.2 Å². The first-order valence-corrected chi connectivity index (χ1v) is 4.88. The summed E-state index contributed by atoms with van der Waals surface area (Å²) in [7, 11) is 0. The highest BCUT2D eigenvalue weighted by molar-refractivity contribution is 5.75. The van der Waals surface area contributed by atoms with Gasteiger partial charge in [-0.25, -0.2) is 0 Å². The van der Waals surface area contributed by atoms with Crippen molar-refractivity contribution >= 4 is 5.97 Å². The van der Waals surface area contributed by atoms with Crippen LogP contribution in [0.25, 0.3) is 0 Å². The number of hydrogen-bond donors (Lipinski definition) is 2. The highest BCUT2D eigenvalue weighted by Crippen LogP contribution is 2.45. The van der Waals surface area contributed by atoms with Crippen molar-refractivity contribution in [2.45, 2.75) is 45.6 Å². The number of aliphatic hydroxyl groups is 1. The third-order valence-electron chi connectivity index (χ3n) is 2.99. The standard InChI is InChI=1S/C10H18O3/c1-7-3-4-10(5-7,9(12)13)6-8(2)11/h7-8,11H,3-6H2,1-2H3,(H,12,13). The fourth-order valence-electron chi connectivity index (χ4n) is 2.43. The van der Waals surface area contributed by atoms with E-state index in [0.717, 1.165) is 6.42 Å². The molecule has 0 amide bonds. The van der Waals surface area contributed by atoms with E-state index >= 15 is 0 Å². The van der Waals surface area contributed by atoms with Crippen LogP contribution in [0.5, 0.6) is 0 Å². The lowest BCUT2D eigenvalue weighted by Crippen LogP contribution is -2.31. The molecule has 0 bridgehead atoms. The Hall–Kier alpha value is -0.570. The number of rotatable bonds is 3. The summed E-state index contributed by atoms with van der Waals surface area (Å²) >= 11 is 0. The second kappa shape index (κ2) is 3.66. The average molecular weight is 186 g/mol. The van der Waals surface area contributed by atoms with Gasteiger partial charge in [-0.05, 0) is 38.5 Å². The third-order valence-corrected chi connectivity index (χ3v) is 2.99. The molecule has 3 atom stereocenters. The average Bonchev–Trinajstić information content (AvgIpc) is 2.31. The Balaban J connectivity index is 2.71. The predicted molar refractivity (Wildman–Crippen MR) is 49.4 cm³/mol. The molecule has 0 aliphatic heterocycles. The highest BCUT2D eigenvalue weighted by Gasteiger charge is 2.44. The molecular formula is C10H18O3. The van der Waals surface area contributed by atoms with Crippen molar-refractivity contribution in [3.63, 3.8) is 0 Å². The van der Waals surface area contributed by atoms with Crippen LogP contribution in [0, 0.1) is 11.3 Å². The van der Waals surface area contributed by atoms with E-state index < -0.39 is 17.5 Å². The molecule has 0 heterocycles. The van der Waals surface area contributed by atoms with Crippen molar-refractivity contribution in [1.29, 1.82) is 0 Å². The maximum atomic E-state index is 11.1. The molecule has 3 unspecified atom stereocenters. The zero-order valence-corrected chi connectivity index (χ0v) is 8.29. The molecule has 0 aromatic rings. The first-order chi connectivity index (χ1) is 5.96. The summed E-state index contributed by atoms with van der Waals surface area (Å²) in [5, 5.41) is 18.4. The molecule has 1 aliphatic carbocycles.